The van der Waals surface area contributed by atoms with E-state index in [1.54, 1.807) is 16.0 Å². The van der Waals surface area contributed by atoms with Gasteiger partial charge in [0.05, 0.1) is 9.72 Å². The molecule has 0 unspecified atom stereocenters. The van der Waals surface area contributed by atoms with Gasteiger partial charge in [-0.3, -0.25) is 9.48 Å². The third kappa shape index (κ3) is 3.29. The monoisotopic (exact) mass is 389 g/mol. The minimum absolute atomic E-state index is 0.0982. The number of anilines is 1. The summed E-state index contributed by atoms with van der Waals surface area (Å²) in [5.74, 6) is -0.0982. The Bertz CT molecular complexity index is 938. The average molecular weight is 390 g/mol. The van der Waals surface area contributed by atoms with E-state index < -0.39 is 0 Å². The number of hydrogen-bond donors (Lipinski definition) is 1. The van der Waals surface area contributed by atoms with Crippen molar-refractivity contribution in [3.63, 3.8) is 0 Å². The highest BCUT2D eigenvalue weighted by Crippen LogP contribution is 2.33. The standard InChI is InChI=1S/C18H20ClN5OS/c1-11-10-14(22-23(11)2)17(25)20-12-6-8-24(9-7-12)18-21-16-13(19)4-3-5-15(16)26-18/h3-5,10,12H,6-9H2,1-2H3,(H,20,25). The Morgan fingerprint density at radius 3 is 2.77 bits per heavy atom. The van der Waals surface area contributed by atoms with Crippen molar-refractivity contribution in [1.82, 2.24) is 20.1 Å². The molecule has 1 saturated heterocycles. The molecular weight excluding hydrogens is 370 g/mol. The van der Waals surface area contributed by atoms with Crippen LogP contribution in [0.2, 0.25) is 5.02 Å². The lowest BCUT2D eigenvalue weighted by Crippen LogP contribution is -2.44. The first-order chi connectivity index (χ1) is 12.5. The topological polar surface area (TPSA) is 63.1 Å². The Hall–Kier alpha value is -2.12. The number of carbonyl (C=O) groups excluding carboxylic acids is 1. The van der Waals surface area contributed by atoms with Crippen LogP contribution in [0.15, 0.2) is 24.3 Å². The number of hydrogen-bond acceptors (Lipinski definition) is 5. The number of nitrogens with one attached hydrogen (secondary N) is 1. The SMILES string of the molecule is Cc1cc(C(=O)NC2CCN(c3nc4c(Cl)cccc4s3)CC2)nn1C. The van der Waals surface area contributed by atoms with Gasteiger partial charge in [0.2, 0.25) is 0 Å². The number of fused-ring (bicyclic) bond motifs is 1. The number of benzene rings is 1. The molecule has 8 heteroatoms. The van der Waals surface area contributed by atoms with Crippen molar-refractivity contribution in [2.24, 2.45) is 7.05 Å². The number of halogens is 1. The van der Waals surface area contributed by atoms with E-state index in [4.69, 9.17) is 16.6 Å². The largest absolute Gasteiger partial charge is 0.348 e. The molecule has 26 heavy (non-hydrogen) atoms. The lowest BCUT2D eigenvalue weighted by atomic mass is 10.1. The van der Waals surface area contributed by atoms with Crippen LogP contribution in [0.25, 0.3) is 10.2 Å². The maximum absolute atomic E-state index is 12.4. The summed E-state index contributed by atoms with van der Waals surface area (Å²) in [7, 11) is 1.84. The molecule has 1 fully saturated rings. The number of amides is 1. The predicted octanol–water partition coefficient (Wildman–Crippen LogP) is 3.39. The summed E-state index contributed by atoms with van der Waals surface area (Å²) in [6.45, 7) is 3.67. The number of carbonyl (C=O) groups is 1. The van der Waals surface area contributed by atoms with Crippen molar-refractivity contribution in [3.8, 4) is 0 Å². The molecule has 3 aromatic rings. The third-order valence-corrected chi connectivity index (χ3v) is 6.19. The molecule has 0 bridgehead atoms. The maximum Gasteiger partial charge on any atom is 0.272 e. The predicted molar refractivity (Wildman–Crippen MR) is 105 cm³/mol. The molecule has 0 saturated carbocycles. The smallest absolute Gasteiger partial charge is 0.272 e. The molecule has 1 aliphatic rings. The third-order valence-electron chi connectivity index (χ3n) is 4.81. The molecule has 1 N–H and O–H groups in total. The Kier molecular flexibility index (Phi) is 4.58. The molecule has 0 aliphatic carbocycles. The van der Waals surface area contributed by atoms with E-state index in [0.717, 1.165) is 47.0 Å². The zero-order valence-corrected chi connectivity index (χ0v) is 16.3. The highest BCUT2D eigenvalue weighted by atomic mass is 35.5. The fourth-order valence-corrected chi connectivity index (χ4v) is 4.50. The minimum atomic E-state index is -0.0982. The average Bonchev–Trinajstić information content (AvgIpc) is 3.20. The number of rotatable bonds is 3. The highest BCUT2D eigenvalue weighted by molar-refractivity contribution is 7.22. The molecule has 1 amide bonds. The Labute approximate surface area is 160 Å². The zero-order chi connectivity index (χ0) is 18.3. The Morgan fingerprint density at radius 1 is 1.35 bits per heavy atom. The fraction of sp³-hybridized carbons (Fsp3) is 0.389. The van der Waals surface area contributed by atoms with Crippen molar-refractivity contribution in [3.05, 3.63) is 40.7 Å². The van der Waals surface area contributed by atoms with E-state index in [0.29, 0.717) is 10.7 Å². The number of aryl methyl sites for hydroxylation is 2. The highest BCUT2D eigenvalue weighted by Gasteiger charge is 2.24. The van der Waals surface area contributed by atoms with Crippen LogP contribution in [0.1, 0.15) is 29.0 Å². The van der Waals surface area contributed by atoms with Crippen LogP contribution in [0.4, 0.5) is 5.13 Å². The summed E-state index contributed by atoms with van der Waals surface area (Å²) in [5.41, 5.74) is 2.32. The minimum Gasteiger partial charge on any atom is -0.348 e. The second kappa shape index (κ2) is 6.89. The number of thiazole rings is 1. The van der Waals surface area contributed by atoms with Crippen molar-refractivity contribution >= 4 is 44.2 Å². The van der Waals surface area contributed by atoms with Gasteiger partial charge in [-0.05, 0) is 38.0 Å². The summed E-state index contributed by atoms with van der Waals surface area (Å²) < 4.78 is 2.82. The van der Waals surface area contributed by atoms with E-state index in [1.165, 1.54) is 0 Å². The number of aromatic nitrogens is 3. The van der Waals surface area contributed by atoms with Crippen molar-refractivity contribution in [2.45, 2.75) is 25.8 Å². The molecule has 0 radical (unpaired) electrons. The van der Waals surface area contributed by atoms with Gasteiger partial charge >= 0.3 is 0 Å². The van der Waals surface area contributed by atoms with E-state index in [9.17, 15) is 4.79 Å². The van der Waals surface area contributed by atoms with Crippen LogP contribution in [0, 0.1) is 6.92 Å². The first-order valence-corrected chi connectivity index (χ1v) is 9.82. The van der Waals surface area contributed by atoms with Crippen LogP contribution in [-0.4, -0.2) is 39.8 Å². The molecule has 0 atom stereocenters. The molecule has 3 heterocycles. The number of para-hydroxylation sites is 1. The summed E-state index contributed by atoms with van der Waals surface area (Å²) in [6, 6.07) is 7.85. The van der Waals surface area contributed by atoms with E-state index in [1.807, 2.05) is 38.2 Å². The van der Waals surface area contributed by atoms with E-state index in [-0.39, 0.29) is 11.9 Å². The van der Waals surface area contributed by atoms with Gasteiger partial charge in [0, 0.05) is 31.9 Å². The molecule has 136 valence electrons. The van der Waals surface area contributed by atoms with Gasteiger partial charge in [-0.25, -0.2) is 4.98 Å². The van der Waals surface area contributed by atoms with Gasteiger partial charge in [-0.2, -0.15) is 5.10 Å². The van der Waals surface area contributed by atoms with Crippen molar-refractivity contribution < 1.29 is 4.79 Å². The van der Waals surface area contributed by atoms with Crippen molar-refractivity contribution in [1.29, 1.82) is 0 Å². The normalized spacial score (nSPS) is 15.6. The first kappa shape index (κ1) is 17.3. The van der Waals surface area contributed by atoms with Gasteiger partial charge in [0.15, 0.2) is 5.13 Å². The van der Waals surface area contributed by atoms with Crippen LogP contribution >= 0.6 is 22.9 Å². The van der Waals surface area contributed by atoms with E-state index >= 15 is 0 Å². The molecule has 2 aromatic heterocycles. The molecule has 6 nitrogen and oxygen atoms in total. The lowest BCUT2D eigenvalue weighted by Gasteiger charge is -2.31. The zero-order valence-electron chi connectivity index (χ0n) is 14.7. The second-order valence-electron chi connectivity index (χ2n) is 6.61. The Morgan fingerprint density at radius 2 is 2.12 bits per heavy atom. The molecular formula is C18H20ClN5OS. The summed E-state index contributed by atoms with van der Waals surface area (Å²) >= 11 is 7.90. The van der Waals surface area contributed by atoms with Crippen LogP contribution < -0.4 is 10.2 Å². The van der Waals surface area contributed by atoms with Crippen molar-refractivity contribution in [2.75, 3.05) is 18.0 Å². The van der Waals surface area contributed by atoms with Gasteiger partial charge in [0.25, 0.3) is 5.91 Å². The van der Waals surface area contributed by atoms with Gasteiger partial charge in [-0.15, -0.1) is 0 Å². The van der Waals surface area contributed by atoms with Gasteiger partial charge < -0.3 is 10.2 Å². The first-order valence-electron chi connectivity index (χ1n) is 8.63. The van der Waals surface area contributed by atoms with Gasteiger partial charge in [0.1, 0.15) is 11.2 Å². The summed E-state index contributed by atoms with van der Waals surface area (Å²) in [6.07, 6.45) is 1.78. The summed E-state index contributed by atoms with van der Waals surface area (Å²) in [4.78, 5) is 19.3. The molecule has 1 aliphatic heterocycles. The maximum atomic E-state index is 12.4. The van der Waals surface area contributed by atoms with Crippen LogP contribution in [-0.2, 0) is 7.05 Å². The molecule has 4 rings (SSSR count). The lowest BCUT2D eigenvalue weighted by molar-refractivity contribution is 0.0925. The number of piperidine rings is 1. The van der Waals surface area contributed by atoms with Crippen LogP contribution in [0.3, 0.4) is 0 Å². The molecule has 0 spiro atoms. The van der Waals surface area contributed by atoms with E-state index in [2.05, 4.69) is 15.3 Å². The quantitative estimate of drug-likeness (QED) is 0.745. The number of nitrogens with zero attached hydrogens (tertiary/aromatic N) is 4. The summed E-state index contributed by atoms with van der Waals surface area (Å²) in [5, 5.41) is 9.04. The fourth-order valence-electron chi connectivity index (χ4n) is 3.18. The van der Waals surface area contributed by atoms with Crippen LogP contribution in [0.5, 0.6) is 0 Å². The Balaban J connectivity index is 1.39. The molecule has 1 aromatic carbocycles. The van der Waals surface area contributed by atoms with Gasteiger partial charge in [-0.1, -0.05) is 29.0 Å². The second-order valence-corrected chi connectivity index (χ2v) is 8.03.